The quantitative estimate of drug-likeness (QED) is 0.924. The van der Waals surface area contributed by atoms with Crippen molar-refractivity contribution < 1.29 is 0 Å². The first-order chi connectivity index (χ1) is 9.56. The monoisotopic (exact) mass is 286 g/mol. The van der Waals surface area contributed by atoms with E-state index >= 15 is 0 Å². The maximum Gasteiger partial charge on any atom is 0.134 e. The van der Waals surface area contributed by atoms with Crippen LogP contribution < -0.4 is 5.32 Å². The molecule has 20 heavy (non-hydrogen) atoms. The number of anilines is 1. The minimum Gasteiger partial charge on any atom is -0.370 e. The fraction of sp³-hybridized carbons (Fsp3) is 0.400. The summed E-state index contributed by atoms with van der Waals surface area (Å²) >= 11 is 1.47. The number of rotatable bonds is 4. The zero-order valence-electron chi connectivity index (χ0n) is 12.2. The average Bonchev–Trinajstić information content (AvgIpc) is 2.89. The van der Waals surface area contributed by atoms with Gasteiger partial charge in [-0.2, -0.15) is 5.26 Å². The predicted octanol–water partition coefficient (Wildman–Crippen LogP) is 3.94. The van der Waals surface area contributed by atoms with Crippen molar-refractivity contribution in [3.05, 3.63) is 28.4 Å². The van der Waals surface area contributed by atoms with Gasteiger partial charge in [0.25, 0.3) is 0 Å². The first-order valence-corrected chi connectivity index (χ1v) is 7.51. The Bertz CT molecular complexity index is 652. The van der Waals surface area contributed by atoms with Crippen LogP contribution in [0.2, 0.25) is 0 Å². The Balaban J connectivity index is 2.58. The molecule has 0 aliphatic heterocycles. The second-order valence-corrected chi connectivity index (χ2v) is 5.95. The summed E-state index contributed by atoms with van der Waals surface area (Å²) in [6.07, 6.45) is 0. The number of aromatic nitrogens is 2. The van der Waals surface area contributed by atoms with Gasteiger partial charge in [-0.3, -0.25) is 0 Å². The zero-order chi connectivity index (χ0) is 14.7. The average molecular weight is 286 g/mol. The lowest BCUT2D eigenvalue weighted by Crippen LogP contribution is -2.08. The molecule has 0 atom stereocenters. The van der Waals surface area contributed by atoms with E-state index in [0.29, 0.717) is 4.88 Å². The summed E-state index contributed by atoms with van der Waals surface area (Å²) in [5.74, 6) is 1.98. The van der Waals surface area contributed by atoms with Crippen molar-refractivity contribution >= 4 is 17.2 Å². The molecule has 0 unspecified atom stereocenters. The van der Waals surface area contributed by atoms with Crippen LogP contribution in [0.25, 0.3) is 10.6 Å². The molecular weight excluding hydrogens is 268 g/mol. The van der Waals surface area contributed by atoms with E-state index in [2.05, 4.69) is 42.1 Å². The van der Waals surface area contributed by atoms with Crippen LogP contribution in [-0.4, -0.2) is 16.5 Å². The second kappa shape index (κ2) is 6.02. The van der Waals surface area contributed by atoms with Gasteiger partial charge in [0, 0.05) is 18.0 Å². The summed E-state index contributed by atoms with van der Waals surface area (Å²) in [6, 6.07) is 5.97. The van der Waals surface area contributed by atoms with E-state index in [4.69, 9.17) is 5.26 Å². The molecule has 0 radical (unpaired) electrons. The Kier molecular flexibility index (Phi) is 4.35. The highest BCUT2D eigenvalue weighted by molar-refractivity contribution is 7.16. The van der Waals surface area contributed by atoms with Crippen LogP contribution in [0, 0.1) is 18.3 Å². The second-order valence-electron chi connectivity index (χ2n) is 4.86. The predicted molar refractivity (Wildman–Crippen MR) is 83.0 cm³/mol. The minimum atomic E-state index is 0.266. The van der Waals surface area contributed by atoms with Crippen LogP contribution in [-0.2, 0) is 0 Å². The highest BCUT2D eigenvalue weighted by Crippen LogP contribution is 2.32. The standard InChI is InChI=1S/C15H18N4S/c1-5-17-15-10(4)13(18-14(19-15)9(2)3)12-7-6-11(8-16)20-12/h6-7,9H,5H2,1-4H3,(H,17,18,19). The molecule has 104 valence electrons. The molecule has 5 heteroatoms. The van der Waals surface area contributed by atoms with E-state index in [9.17, 15) is 0 Å². The molecule has 0 aromatic carbocycles. The van der Waals surface area contributed by atoms with Gasteiger partial charge >= 0.3 is 0 Å². The third-order valence-corrected chi connectivity index (χ3v) is 3.97. The molecule has 4 nitrogen and oxygen atoms in total. The zero-order valence-corrected chi connectivity index (χ0v) is 13.0. The van der Waals surface area contributed by atoms with Crippen molar-refractivity contribution in [2.24, 2.45) is 0 Å². The molecule has 2 heterocycles. The van der Waals surface area contributed by atoms with Crippen molar-refractivity contribution in [2.45, 2.75) is 33.6 Å². The summed E-state index contributed by atoms with van der Waals surface area (Å²) in [5, 5.41) is 12.3. The molecule has 2 aromatic rings. The van der Waals surface area contributed by atoms with Gasteiger partial charge in [0.2, 0.25) is 0 Å². The molecule has 0 fully saturated rings. The molecule has 0 aliphatic rings. The number of hydrogen-bond donors (Lipinski definition) is 1. The van der Waals surface area contributed by atoms with E-state index in [-0.39, 0.29) is 5.92 Å². The van der Waals surface area contributed by atoms with Crippen LogP contribution in [0.5, 0.6) is 0 Å². The van der Waals surface area contributed by atoms with Crippen molar-refractivity contribution in [2.75, 3.05) is 11.9 Å². The molecule has 0 saturated heterocycles. The number of nitriles is 1. The Morgan fingerprint density at radius 3 is 2.65 bits per heavy atom. The molecule has 2 rings (SSSR count). The first-order valence-electron chi connectivity index (χ1n) is 6.69. The van der Waals surface area contributed by atoms with Gasteiger partial charge in [0.1, 0.15) is 22.6 Å². The van der Waals surface area contributed by atoms with E-state index in [1.54, 1.807) is 0 Å². The van der Waals surface area contributed by atoms with E-state index in [0.717, 1.165) is 34.3 Å². The van der Waals surface area contributed by atoms with Crippen molar-refractivity contribution in [1.29, 1.82) is 5.26 Å². The summed E-state index contributed by atoms with van der Waals surface area (Å²) < 4.78 is 0. The summed E-state index contributed by atoms with van der Waals surface area (Å²) in [6.45, 7) is 9.06. The number of hydrogen-bond acceptors (Lipinski definition) is 5. The van der Waals surface area contributed by atoms with E-state index in [1.807, 2.05) is 19.1 Å². The lowest BCUT2D eigenvalue weighted by molar-refractivity contribution is 0.774. The smallest absolute Gasteiger partial charge is 0.134 e. The van der Waals surface area contributed by atoms with Gasteiger partial charge in [-0.25, -0.2) is 9.97 Å². The van der Waals surface area contributed by atoms with Gasteiger partial charge in [-0.05, 0) is 26.0 Å². The van der Waals surface area contributed by atoms with Crippen molar-refractivity contribution in [3.63, 3.8) is 0 Å². The fourth-order valence-corrected chi connectivity index (χ4v) is 2.75. The Morgan fingerprint density at radius 2 is 2.10 bits per heavy atom. The normalized spacial score (nSPS) is 10.6. The number of thiophene rings is 1. The molecule has 2 aromatic heterocycles. The Hall–Kier alpha value is -1.93. The largest absolute Gasteiger partial charge is 0.370 e. The maximum atomic E-state index is 8.96. The van der Waals surface area contributed by atoms with Crippen LogP contribution in [0.3, 0.4) is 0 Å². The van der Waals surface area contributed by atoms with Crippen LogP contribution in [0.15, 0.2) is 12.1 Å². The topological polar surface area (TPSA) is 61.6 Å². The summed E-state index contributed by atoms with van der Waals surface area (Å²) in [7, 11) is 0. The van der Waals surface area contributed by atoms with Crippen molar-refractivity contribution in [3.8, 4) is 16.6 Å². The molecule has 0 saturated carbocycles. The van der Waals surface area contributed by atoms with Gasteiger partial charge in [0.15, 0.2) is 0 Å². The van der Waals surface area contributed by atoms with E-state index < -0.39 is 0 Å². The summed E-state index contributed by atoms with van der Waals surface area (Å²) in [5.41, 5.74) is 1.95. The molecule has 0 spiro atoms. The summed E-state index contributed by atoms with van der Waals surface area (Å²) in [4.78, 5) is 11.0. The Morgan fingerprint density at radius 1 is 1.35 bits per heavy atom. The van der Waals surface area contributed by atoms with Gasteiger partial charge in [-0.15, -0.1) is 11.3 Å². The minimum absolute atomic E-state index is 0.266. The van der Waals surface area contributed by atoms with Gasteiger partial charge in [0.05, 0.1) is 10.6 Å². The molecule has 0 bridgehead atoms. The number of nitrogens with one attached hydrogen (secondary N) is 1. The fourth-order valence-electron chi connectivity index (χ4n) is 1.90. The third kappa shape index (κ3) is 2.81. The van der Waals surface area contributed by atoms with Crippen LogP contribution in [0.1, 0.15) is 43.0 Å². The van der Waals surface area contributed by atoms with Crippen LogP contribution >= 0.6 is 11.3 Å². The molecule has 0 amide bonds. The van der Waals surface area contributed by atoms with Crippen molar-refractivity contribution in [1.82, 2.24) is 9.97 Å². The van der Waals surface area contributed by atoms with Crippen LogP contribution in [0.4, 0.5) is 5.82 Å². The third-order valence-electron chi connectivity index (χ3n) is 2.97. The number of nitrogens with zero attached hydrogens (tertiary/aromatic N) is 3. The lowest BCUT2D eigenvalue weighted by atomic mass is 10.1. The molecule has 0 aliphatic carbocycles. The van der Waals surface area contributed by atoms with Gasteiger partial charge in [-0.1, -0.05) is 13.8 Å². The highest BCUT2D eigenvalue weighted by Gasteiger charge is 2.15. The SMILES string of the molecule is CCNc1nc(C(C)C)nc(-c2ccc(C#N)s2)c1C. The lowest BCUT2D eigenvalue weighted by Gasteiger charge is -2.14. The molecule has 1 N–H and O–H groups in total. The van der Waals surface area contributed by atoms with E-state index in [1.165, 1.54) is 11.3 Å². The highest BCUT2D eigenvalue weighted by atomic mass is 32.1. The molecular formula is C15H18N4S. The Labute approximate surface area is 123 Å². The maximum absolute atomic E-state index is 8.96. The first kappa shape index (κ1) is 14.5. The van der Waals surface area contributed by atoms with Gasteiger partial charge < -0.3 is 5.32 Å².